The number of ether oxygens (including phenoxy) is 1. The highest BCUT2D eigenvalue weighted by Crippen LogP contribution is 2.22. The molecule has 0 saturated carbocycles. The minimum Gasteiger partial charge on any atom is -0.497 e. The topological polar surface area (TPSA) is 48.6 Å². The molecule has 1 aromatic heterocycles. The number of ketones is 1. The minimum atomic E-state index is 0.185. The maximum Gasteiger partial charge on any atom is 0.178 e. The molecule has 1 saturated heterocycles. The Labute approximate surface area is 159 Å². The number of aromatic nitrogens is 1. The molecule has 1 aliphatic heterocycles. The number of hydrogen-bond donors (Lipinski definition) is 1. The quantitative estimate of drug-likeness (QED) is 0.705. The molecule has 27 heavy (non-hydrogen) atoms. The number of hydrogen-bond acceptors (Lipinski definition) is 4. The van der Waals surface area contributed by atoms with E-state index in [1.54, 1.807) is 7.11 Å². The lowest BCUT2D eigenvalue weighted by atomic mass is 10.1. The van der Waals surface area contributed by atoms with E-state index in [0.29, 0.717) is 6.54 Å². The van der Waals surface area contributed by atoms with E-state index in [4.69, 9.17) is 4.74 Å². The molecule has 1 N–H and O–H groups in total. The van der Waals surface area contributed by atoms with Crippen molar-refractivity contribution in [3.63, 3.8) is 0 Å². The van der Waals surface area contributed by atoms with Crippen LogP contribution >= 0.6 is 0 Å². The molecular formula is C22H25N3O2. The van der Waals surface area contributed by atoms with E-state index in [1.807, 2.05) is 24.4 Å². The third kappa shape index (κ3) is 3.69. The molecule has 0 radical (unpaired) electrons. The number of carbonyl (C=O) groups excluding carboxylic acids is 1. The Kier molecular flexibility index (Phi) is 4.86. The predicted octanol–water partition coefficient (Wildman–Crippen LogP) is 3.49. The molecule has 0 unspecified atom stereocenters. The summed E-state index contributed by atoms with van der Waals surface area (Å²) in [6.07, 6.45) is 1.85. The van der Waals surface area contributed by atoms with E-state index < -0.39 is 0 Å². The monoisotopic (exact) mass is 363 g/mol. The lowest BCUT2D eigenvalue weighted by molar-refractivity contribution is 0.0928. The van der Waals surface area contributed by atoms with Gasteiger partial charge in [-0.05, 0) is 43.3 Å². The van der Waals surface area contributed by atoms with Crippen LogP contribution in [0.4, 0.5) is 5.69 Å². The van der Waals surface area contributed by atoms with Gasteiger partial charge in [0, 0.05) is 54.5 Å². The van der Waals surface area contributed by atoms with Crippen molar-refractivity contribution >= 4 is 22.4 Å². The summed E-state index contributed by atoms with van der Waals surface area (Å²) >= 11 is 0. The van der Waals surface area contributed by atoms with Gasteiger partial charge >= 0.3 is 0 Å². The Morgan fingerprint density at radius 1 is 1.07 bits per heavy atom. The van der Waals surface area contributed by atoms with Crippen molar-refractivity contribution in [2.75, 3.05) is 44.7 Å². The second kappa shape index (κ2) is 7.45. The van der Waals surface area contributed by atoms with Gasteiger partial charge in [-0.1, -0.05) is 11.6 Å². The Morgan fingerprint density at radius 2 is 1.81 bits per heavy atom. The number of Topliss-reactive ketones (excluding diaryl/α,β-unsaturated/α-hetero) is 1. The van der Waals surface area contributed by atoms with Crippen LogP contribution in [-0.4, -0.2) is 55.5 Å². The average Bonchev–Trinajstić information content (AvgIpc) is 3.12. The SMILES string of the molecule is COc1ccc(N2CCN(CC(=O)c3c[nH]c4ccc(C)cc34)CC2)cc1. The maximum absolute atomic E-state index is 12.8. The summed E-state index contributed by atoms with van der Waals surface area (Å²) in [6, 6.07) is 14.3. The minimum absolute atomic E-state index is 0.185. The number of methoxy groups -OCH3 is 1. The molecular weight excluding hydrogens is 338 g/mol. The van der Waals surface area contributed by atoms with Crippen molar-refractivity contribution in [1.82, 2.24) is 9.88 Å². The normalized spacial score (nSPS) is 15.3. The van der Waals surface area contributed by atoms with Crippen LogP contribution in [-0.2, 0) is 0 Å². The third-order valence-electron chi connectivity index (χ3n) is 5.31. The molecule has 5 nitrogen and oxygen atoms in total. The zero-order chi connectivity index (χ0) is 18.8. The highest BCUT2D eigenvalue weighted by molar-refractivity contribution is 6.08. The third-order valence-corrected chi connectivity index (χ3v) is 5.31. The number of aryl methyl sites for hydroxylation is 1. The van der Waals surface area contributed by atoms with E-state index in [0.717, 1.165) is 48.4 Å². The number of benzene rings is 2. The number of rotatable bonds is 5. The molecule has 0 atom stereocenters. The first-order valence-electron chi connectivity index (χ1n) is 9.36. The molecule has 0 amide bonds. The van der Waals surface area contributed by atoms with Crippen molar-refractivity contribution in [2.45, 2.75) is 6.92 Å². The Morgan fingerprint density at radius 3 is 2.52 bits per heavy atom. The number of nitrogens with one attached hydrogen (secondary N) is 1. The first kappa shape index (κ1) is 17.6. The summed E-state index contributed by atoms with van der Waals surface area (Å²) in [6.45, 7) is 6.15. The van der Waals surface area contributed by atoms with E-state index in [-0.39, 0.29) is 5.78 Å². The van der Waals surface area contributed by atoms with Gasteiger partial charge in [-0.25, -0.2) is 0 Å². The van der Waals surface area contributed by atoms with Gasteiger partial charge in [0.25, 0.3) is 0 Å². The fourth-order valence-electron chi connectivity index (χ4n) is 3.71. The van der Waals surface area contributed by atoms with Crippen molar-refractivity contribution in [2.24, 2.45) is 0 Å². The molecule has 1 fully saturated rings. The first-order chi connectivity index (χ1) is 13.1. The van der Waals surface area contributed by atoms with Gasteiger partial charge in [-0.15, -0.1) is 0 Å². The van der Waals surface area contributed by atoms with Crippen LogP contribution in [0.15, 0.2) is 48.7 Å². The predicted molar refractivity (Wildman–Crippen MR) is 109 cm³/mol. The molecule has 4 rings (SSSR count). The van der Waals surface area contributed by atoms with E-state index in [1.165, 1.54) is 11.3 Å². The lowest BCUT2D eigenvalue weighted by Gasteiger charge is -2.35. The molecule has 2 heterocycles. The second-order valence-corrected chi connectivity index (χ2v) is 7.14. The van der Waals surface area contributed by atoms with Gasteiger partial charge in [0.1, 0.15) is 5.75 Å². The van der Waals surface area contributed by atoms with E-state index in [2.05, 4.69) is 46.0 Å². The maximum atomic E-state index is 12.8. The van der Waals surface area contributed by atoms with Crippen molar-refractivity contribution < 1.29 is 9.53 Å². The summed E-state index contributed by atoms with van der Waals surface area (Å²) in [4.78, 5) is 20.6. The van der Waals surface area contributed by atoms with Crippen LogP contribution in [0.1, 0.15) is 15.9 Å². The summed E-state index contributed by atoms with van der Waals surface area (Å²) < 4.78 is 5.22. The van der Waals surface area contributed by atoms with Crippen molar-refractivity contribution in [3.05, 3.63) is 59.8 Å². The molecule has 0 bridgehead atoms. The smallest absolute Gasteiger partial charge is 0.178 e. The number of aromatic amines is 1. The fraction of sp³-hybridized carbons (Fsp3) is 0.318. The van der Waals surface area contributed by atoms with Gasteiger partial charge in [-0.2, -0.15) is 0 Å². The molecule has 1 aliphatic rings. The summed E-state index contributed by atoms with van der Waals surface area (Å²) in [7, 11) is 1.68. The summed E-state index contributed by atoms with van der Waals surface area (Å²) in [5.41, 5.74) is 4.19. The van der Waals surface area contributed by atoms with Gasteiger partial charge in [0.05, 0.1) is 13.7 Å². The first-order valence-corrected chi connectivity index (χ1v) is 9.36. The van der Waals surface area contributed by atoms with Gasteiger partial charge < -0.3 is 14.6 Å². The molecule has 0 spiro atoms. The van der Waals surface area contributed by atoms with Crippen LogP contribution in [0.2, 0.25) is 0 Å². The Bertz CT molecular complexity index is 938. The standard InChI is InChI=1S/C22H25N3O2/c1-16-3-8-21-19(13-16)20(14-23-21)22(26)15-24-9-11-25(12-10-24)17-4-6-18(27-2)7-5-17/h3-8,13-14,23H,9-12,15H2,1-2H3. The molecule has 5 heteroatoms. The summed E-state index contributed by atoms with van der Waals surface area (Å²) in [5, 5.41) is 1.02. The van der Waals surface area contributed by atoms with E-state index >= 15 is 0 Å². The number of anilines is 1. The largest absolute Gasteiger partial charge is 0.497 e. The van der Waals surface area contributed by atoms with Crippen molar-refractivity contribution in [1.29, 1.82) is 0 Å². The molecule has 2 aromatic carbocycles. The van der Waals surface area contributed by atoms with Crippen LogP contribution in [0.5, 0.6) is 5.75 Å². The van der Waals surface area contributed by atoms with E-state index in [9.17, 15) is 4.79 Å². The number of piperazine rings is 1. The Hall–Kier alpha value is -2.79. The number of carbonyl (C=O) groups is 1. The van der Waals surface area contributed by atoms with Crippen LogP contribution in [0, 0.1) is 6.92 Å². The zero-order valence-corrected chi connectivity index (χ0v) is 15.9. The molecule has 140 valence electrons. The van der Waals surface area contributed by atoms with Gasteiger partial charge in [0.15, 0.2) is 5.78 Å². The molecule has 3 aromatic rings. The second-order valence-electron chi connectivity index (χ2n) is 7.14. The number of nitrogens with zero attached hydrogens (tertiary/aromatic N) is 2. The average molecular weight is 363 g/mol. The highest BCUT2D eigenvalue weighted by atomic mass is 16.5. The Balaban J connectivity index is 1.38. The van der Waals surface area contributed by atoms with Crippen LogP contribution < -0.4 is 9.64 Å². The van der Waals surface area contributed by atoms with Crippen LogP contribution in [0.25, 0.3) is 10.9 Å². The van der Waals surface area contributed by atoms with Crippen LogP contribution in [0.3, 0.4) is 0 Å². The van der Waals surface area contributed by atoms with Gasteiger partial charge in [-0.3, -0.25) is 9.69 Å². The number of fused-ring (bicyclic) bond motifs is 1. The van der Waals surface area contributed by atoms with Gasteiger partial charge in [0.2, 0.25) is 0 Å². The lowest BCUT2D eigenvalue weighted by Crippen LogP contribution is -2.48. The highest BCUT2D eigenvalue weighted by Gasteiger charge is 2.21. The molecule has 0 aliphatic carbocycles. The number of H-pyrrole nitrogens is 1. The van der Waals surface area contributed by atoms with Crippen molar-refractivity contribution in [3.8, 4) is 5.75 Å². The zero-order valence-electron chi connectivity index (χ0n) is 15.9. The summed E-state index contributed by atoms with van der Waals surface area (Å²) in [5.74, 6) is 1.06. The fourth-order valence-corrected chi connectivity index (χ4v) is 3.71.